The van der Waals surface area contributed by atoms with Gasteiger partial charge in [-0.1, -0.05) is 33.1 Å². The van der Waals surface area contributed by atoms with Gasteiger partial charge in [0, 0.05) is 13.6 Å². The molecule has 0 fully saturated rings. The molecule has 21 heavy (non-hydrogen) atoms. The van der Waals surface area contributed by atoms with Gasteiger partial charge in [-0.25, -0.2) is 4.79 Å². The van der Waals surface area contributed by atoms with Crippen molar-refractivity contribution in [2.24, 2.45) is 5.92 Å². The summed E-state index contributed by atoms with van der Waals surface area (Å²) in [5.41, 5.74) is 0.0427. The van der Waals surface area contributed by atoms with E-state index in [-0.39, 0.29) is 5.57 Å². The summed E-state index contributed by atoms with van der Waals surface area (Å²) in [5, 5.41) is 9.02. The lowest BCUT2D eigenvalue weighted by atomic mass is 10.0. The summed E-state index contributed by atoms with van der Waals surface area (Å²) < 4.78 is 5.25. The van der Waals surface area contributed by atoms with Crippen LogP contribution in [0.4, 0.5) is 0 Å². The fourth-order valence-electron chi connectivity index (χ4n) is 1.71. The van der Waals surface area contributed by atoms with Crippen LogP contribution in [0.25, 0.3) is 0 Å². The number of esters is 1. The topological polar surface area (TPSA) is 53.3 Å². The first-order valence-electron chi connectivity index (χ1n) is 7.74. The molecule has 0 aromatic rings. The van der Waals surface area contributed by atoms with Crippen LogP contribution in [0.2, 0.25) is 0 Å². The molecule has 118 valence electrons. The maximum Gasteiger partial charge on any atom is 0.348 e. The Hall–Kier alpha value is -1.76. The molecule has 0 heterocycles. The quantitative estimate of drug-likeness (QED) is 0.267. The standard InChI is InChI=1S/C17H28N2O2/c1-5-8-10-15(6-2)14-21-17(20)16(13-18)11-9-12-19(4)7-3/h9,11-12,15H,5-8,10,14H2,1-4H3. The van der Waals surface area contributed by atoms with Gasteiger partial charge < -0.3 is 9.64 Å². The van der Waals surface area contributed by atoms with E-state index in [1.165, 1.54) is 6.08 Å². The zero-order valence-corrected chi connectivity index (χ0v) is 13.8. The normalized spacial score (nSPS) is 13.0. The number of carbonyl (C=O) groups excluding carboxylic acids is 1. The molecular formula is C17H28N2O2. The summed E-state index contributed by atoms with van der Waals surface area (Å²) in [6, 6.07) is 1.90. The number of unbranched alkanes of at least 4 members (excludes halogenated alkanes) is 1. The van der Waals surface area contributed by atoms with E-state index in [1.54, 1.807) is 6.08 Å². The predicted molar refractivity (Wildman–Crippen MR) is 85.4 cm³/mol. The van der Waals surface area contributed by atoms with Crippen LogP contribution in [0.15, 0.2) is 23.9 Å². The highest BCUT2D eigenvalue weighted by Crippen LogP contribution is 2.13. The van der Waals surface area contributed by atoms with Crippen molar-refractivity contribution in [2.45, 2.75) is 46.5 Å². The molecule has 0 aliphatic carbocycles. The van der Waals surface area contributed by atoms with Crippen LogP contribution in [0.5, 0.6) is 0 Å². The monoisotopic (exact) mass is 292 g/mol. The smallest absolute Gasteiger partial charge is 0.348 e. The molecule has 0 spiro atoms. The average molecular weight is 292 g/mol. The van der Waals surface area contributed by atoms with Crippen LogP contribution >= 0.6 is 0 Å². The van der Waals surface area contributed by atoms with E-state index in [0.717, 1.165) is 32.2 Å². The van der Waals surface area contributed by atoms with Crippen LogP contribution in [0.1, 0.15) is 46.5 Å². The van der Waals surface area contributed by atoms with Gasteiger partial charge >= 0.3 is 5.97 Å². The fraction of sp³-hybridized carbons (Fsp3) is 0.647. The second-order valence-corrected chi connectivity index (χ2v) is 5.12. The van der Waals surface area contributed by atoms with Crippen LogP contribution in [-0.2, 0) is 9.53 Å². The van der Waals surface area contributed by atoms with Gasteiger partial charge in [-0.2, -0.15) is 5.26 Å². The van der Waals surface area contributed by atoms with Gasteiger partial charge in [-0.15, -0.1) is 0 Å². The lowest BCUT2D eigenvalue weighted by Crippen LogP contribution is -2.15. The highest BCUT2D eigenvalue weighted by atomic mass is 16.5. The summed E-state index contributed by atoms with van der Waals surface area (Å²) in [6.07, 6.45) is 9.35. The number of hydrogen-bond acceptors (Lipinski definition) is 4. The third-order valence-electron chi connectivity index (χ3n) is 3.44. The molecule has 0 amide bonds. The molecule has 1 atom stereocenters. The molecule has 0 aromatic heterocycles. The van der Waals surface area contributed by atoms with Gasteiger partial charge in [0.2, 0.25) is 0 Å². The largest absolute Gasteiger partial charge is 0.461 e. The van der Waals surface area contributed by atoms with E-state index >= 15 is 0 Å². The predicted octanol–water partition coefficient (Wildman–Crippen LogP) is 3.66. The molecule has 0 aromatic carbocycles. The highest BCUT2D eigenvalue weighted by Gasteiger charge is 2.13. The SMILES string of the molecule is CCCCC(CC)COC(=O)C(C#N)=CC=CN(C)CC. The molecule has 4 heteroatoms. The lowest BCUT2D eigenvalue weighted by molar-refractivity contribution is -0.140. The Kier molecular flexibility index (Phi) is 11.0. The zero-order valence-electron chi connectivity index (χ0n) is 13.8. The van der Waals surface area contributed by atoms with Crippen molar-refractivity contribution in [3.8, 4) is 6.07 Å². The molecule has 0 rings (SSSR count). The molecule has 0 bridgehead atoms. The second kappa shape index (κ2) is 12.0. The molecule has 0 radical (unpaired) electrons. The summed E-state index contributed by atoms with van der Waals surface area (Å²) in [7, 11) is 1.92. The van der Waals surface area contributed by atoms with E-state index in [4.69, 9.17) is 10.00 Å². The minimum atomic E-state index is -0.531. The van der Waals surface area contributed by atoms with Crippen LogP contribution in [-0.4, -0.2) is 31.1 Å². The van der Waals surface area contributed by atoms with Gasteiger partial charge in [0.15, 0.2) is 0 Å². The van der Waals surface area contributed by atoms with E-state index in [2.05, 4.69) is 13.8 Å². The van der Waals surface area contributed by atoms with Crippen LogP contribution in [0.3, 0.4) is 0 Å². The second-order valence-electron chi connectivity index (χ2n) is 5.12. The Labute approximate surface area is 129 Å². The van der Waals surface area contributed by atoms with Gasteiger partial charge in [0.1, 0.15) is 11.6 Å². The Morgan fingerprint density at radius 2 is 2.10 bits per heavy atom. The maximum atomic E-state index is 11.9. The van der Waals surface area contributed by atoms with Gasteiger partial charge in [-0.3, -0.25) is 0 Å². The molecule has 0 aliphatic heterocycles. The van der Waals surface area contributed by atoms with Gasteiger partial charge in [0.25, 0.3) is 0 Å². The van der Waals surface area contributed by atoms with Crippen molar-refractivity contribution in [3.63, 3.8) is 0 Å². The first kappa shape index (κ1) is 19.2. The van der Waals surface area contributed by atoms with Crippen LogP contribution in [0, 0.1) is 17.2 Å². The first-order chi connectivity index (χ1) is 10.1. The van der Waals surface area contributed by atoms with Crippen LogP contribution < -0.4 is 0 Å². The van der Waals surface area contributed by atoms with Crippen molar-refractivity contribution in [2.75, 3.05) is 20.2 Å². The van der Waals surface area contributed by atoms with Crippen molar-refractivity contribution >= 4 is 5.97 Å². The number of nitrogens with zero attached hydrogens (tertiary/aromatic N) is 2. The maximum absolute atomic E-state index is 11.9. The summed E-state index contributed by atoms with van der Waals surface area (Å²) in [5.74, 6) is -0.146. The fourth-order valence-corrected chi connectivity index (χ4v) is 1.71. The number of rotatable bonds is 10. The first-order valence-corrected chi connectivity index (χ1v) is 7.74. The Balaban J connectivity index is 4.42. The molecule has 4 nitrogen and oxygen atoms in total. The minimum Gasteiger partial charge on any atom is -0.461 e. The van der Waals surface area contributed by atoms with Gasteiger partial charge in [-0.05, 0) is 37.6 Å². The van der Waals surface area contributed by atoms with E-state index in [0.29, 0.717) is 12.5 Å². The Morgan fingerprint density at radius 3 is 2.62 bits per heavy atom. The van der Waals surface area contributed by atoms with Crippen molar-refractivity contribution in [1.82, 2.24) is 4.90 Å². The number of ether oxygens (including phenoxy) is 1. The van der Waals surface area contributed by atoms with Gasteiger partial charge in [0.05, 0.1) is 6.61 Å². The summed E-state index contributed by atoms with van der Waals surface area (Å²) >= 11 is 0. The number of allylic oxidation sites excluding steroid dienone is 2. The number of carbonyl (C=O) groups is 1. The molecule has 0 aliphatic rings. The van der Waals surface area contributed by atoms with Crippen molar-refractivity contribution < 1.29 is 9.53 Å². The van der Waals surface area contributed by atoms with E-state index in [9.17, 15) is 4.79 Å². The third-order valence-corrected chi connectivity index (χ3v) is 3.44. The number of nitriles is 1. The lowest BCUT2D eigenvalue weighted by Gasteiger charge is -2.14. The summed E-state index contributed by atoms with van der Waals surface area (Å²) in [6.45, 7) is 7.53. The van der Waals surface area contributed by atoms with Crippen molar-refractivity contribution in [3.05, 3.63) is 23.9 Å². The molecular weight excluding hydrogens is 264 g/mol. The Bertz CT molecular complexity index is 394. The minimum absolute atomic E-state index is 0.0427. The van der Waals surface area contributed by atoms with E-state index < -0.39 is 5.97 Å². The third kappa shape index (κ3) is 8.91. The van der Waals surface area contributed by atoms with E-state index in [1.807, 2.05) is 31.1 Å². The average Bonchev–Trinajstić information content (AvgIpc) is 2.51. The highest BCUT2D eigenvalue weighted by molar-refractivity contribution is 5.93. The number of hydrogen-bond donors (Lipinski definition) is 0. The Morgan fingerprint density at radius 1 is 1.38 bits per heavy atom. The molecule has 0 N–H and O–H groups in total. The molecule has 1 unspecified atom stereocenters. The summed E-state index contributed by atoms with van der Waals surface area (Å²) in [4.78, 5) is 13.8. The molecule has 0 saturated heterocycles. The molecule has 0 saturated carbocycles. The van der Waals surface area contributed by atoms with Crippen molar-refractivity contribution in [1.29, 1.82) is 5.26 Å². The zero-order chi connectivity index (χ0) is 16.1.